The van der Waals surface area contributed by atoms with E-state index in [2.05, 4.69) is 31.4 Å². The second-order valence-electron chi connectivity index (χ2n) is 14.8. The number of rotatable bonds is 16. The molecule has 1 unspecified atom stereocenters. The third-order valence-electron chi connectivity index (χ3n) is 10.3. The van der Waals surface area contributed by atoms with Crippen LogP contribution in [0.25, 0.3) is 6.08 Å². The molecule has 1 atom stereocenters. The molecule has 0 radical (unpaired) electrons. The summed E-state index contributed by atoms with van der Waals surface area (Å²) in [5.74, 6) is -5.15. The van der Waals surface area contributed by atoms with Crippen molar-refractivity contribution in [3.8, 4) is 17.2 Å². The van der Waals surface area contributed by atoms with E-state index < -0.39 is 41.1 Å². The zero-order valence-electron chi connectivity index (χ0n) is 34.2. The number of Topliss-reactive ketones (excluding diaryl/α,β-unsaturated/α-hetero) is 2. The number of benzene rings is 5. The van der Waals surface area contributed by atoms with Crippen molar-refractivity contribution in [3.05, 3.63) is 159 Å². The Labute approximate surface area is 360 Å². The topological polar surface area (TPSA) is 261 Å². The van der Waals surface area contributed by atoms with E-state index in [1.165, 1.54) is 62.5 Å². The lowest BCUT2D eigenvalue weighted by molar-refractivity contribution is -0.120. The Kier molecular flexibility index (Phi) is 13.5. The summed E-state index contributed by atoms with van der Waals surface area (Å²) < 4.78 is 0. The van der Waals surface area contributed by atoms with Crippen LogP contribution >= 0.6 is 0 Å². The highest BCUT2D eigenvalue weighted by Crippen LogP contribution is 2.33. The zero-order valence-corrected chi connectivity index (χ0v) is 34.2. The molecule has 3 amide bonds. The Hall–Kier alpha value is -8.40. The number of amides is 3. The van der Waals surface area contributed by atoms with Crippen LogP contribution in [0.5, 0.6) is 17.2 Å². The van der Waals surface area contributed by atoms with Crippen molar-refractivity contribution in [2.45, 2.75) is 40.0 Å². The lowest BCUT2D eigenvalue weighted by Gasteiger charge is -2.16. The number of aromatic carboxylic acids is 1. The zero-order chi connectivity index (χ0) is 45.4. The van der Waals surface area contributed by atoms with Crippen molar-refractivity contribution < 1.29 is 49.2 Å². The number of phenols is 3. The molecule has 1 aromatic heterocycles. The number of hydrogen-bond donors (Lipinski definition) is 8. The van der Waals surface area contributed by atoms with E-state index >= 15 is 0 Å². The Morgan fingerprint density at radius 1 is 0.698 bits per heavy atom. The first-order valence-electron chi connectivity index (χ1n) is 19.5. The van der Waals surface area contributed by atoms with Crippen LogP contribution in [0.1, 0.15) is 82.7 Å². The Morgan fingerprint density at radius 2 is 1.29 bits per heavy atom. The van der Waals surface area contributed by atoms with Gasteiger partial charge in [0, 0.05) is 58.6 Å². The summed E-state index contributed by atoms with van der Waals surface area (Å²) in [6, 6.07) is 24.3. The number of aromatic amines is 1. The van der Waals surface area contributed by atoms with Crippen molar-refractivity contribution in [1.82, 2.24) is 15.4 Å². The van der Waals surface area contributed by atoms with Gasteiger partial charge < -0.3 is 36.4 Å². The number of nitrogens with one attached hydrogen (secondary N) is 4. The smallest absolute Gasteiger partial charge is 0.339 e. The van der Waals surface area contributed by atoms with Crippen LogP contribution in [-0.2, 0) is 22.4 Å². The van der Waals surface area contributed by atoms with E-state index in [1.54, 1.807) is 61.5 Å². The molecule has 5 aromatic carbocycles. The van der Waals surface area contributed by atoms with Crippen LogP contribution in [0.3, 0.4) is 0 Å². The van der Waals surface area contributed by atoms with Gasteiger partial charge in [-0.2, -0.15) is 15.4 Å². The molecule has 0 saturated heterocycles. The number of carbonyl (C=O) groups is 6. The molecule has 0 aliphatic carbocycles. The lowest BCUT2D eigenvalue weighted by Crippen LogP contribution is -2.27. The Bertz CT molecular complexity index is 2750. The molecule has 0 aliphatic rings. The Balaban J connectivity index is 1.06. The first kappa shape index (κ1) is 44.2. The maximum atomic E-state index is 13.6. The fraction of sp³-hybridized carbons (Fsp3) is 0.149. The summed E-state index contributed by atoms with van der Waals surface area (Å²) in [5.41, 5.74) is 3.59. The van der Waals surface area contributed by atoms with Crippen LogP contribution < -0.4 is 16.0 Å². The maximum absolute atomic E-state index is 13.6. The molecule has 63 heavy (non-hydrogen) atoms. The minimum Gasteiger partial charge on any atom is -0.508 e. The molecule has 0 aliphatic heterocycles. The van der Waals surface area contributed by atoms with Gasteiger partial charge in [-0.1, -0.05) is 36.4 Å². The summed E-state index contributed by atoms with van der Waals surface area (Å²) in [6.45, 7) is 4.65. The van der Waals surface area contributed by atoms with E-state index in [1.807, 2.05) is 0 Å². The molecule has 6 rings (SSSR count). The van der Waals surface area contributed by atoms with Crippen molar-refractivity contribution in [3.63, 3.8) is 0 Å². The number of carbonyl (C=O) groups excluding carboxylic acids is 5. The molecule has 0 spiro atoms. The largest absolute Gasteiger partial charge is 0.508 e. The second-order valence-corrected chi connectivity index (χ2v) is 14.8. The number of hydrogen-bond acceptors (Lipinski definition) is 11. The summed E-state index contributed by atoms with van der Waals surface area (Å²) in [6.07, 6.45) is 3.25. The number of carboxylic acids is 1. The van der Waals surface area contributed by atoms with Gasteiger partial charge in [0.1, 0.15) is 22.8 Å². The van der Waals surface area contributed by atoms with Gasteiger partial charge in [0.2, 0.25) is 5.91 Å². The minimum atomic E-state index is -1.34. The predicted molar refractivity (Wildman–Crippen MR) is 233 cm³/mol. The van der Waals surface area contributed by atoms with Gasteiger partial charge in [-0.25, -0.2) is 4.79 Å². The molecule has 320 valence electrons. The number of allylic oxidation sites excluding steroid dienone is 1. The normalized spacial score (nSPS) is 11.6. The quantitative estimate of drug-likeness (QED) is 0.0361. The van der Waals surface area contributed by atoms with Gasteiger partial charge in [-0.15, -0.1) is 0 Å². The molecule has 16 nitrogen and oxygen atoms in total. The average Bonchev–Trinajstić information content (AvgIpc) is 3.78. The first-order valence-corrected chi connectivity index (χ1v) is 19.5. The standard InChI is InChI=1S/C47H42N6O10/c1-25(20-28-6-14-35(54)15-7-28)40(55)21-29-4-8-30(9-5-29)41(56)23-32(22-34-24-48-53-52-34)45(60)49-33-12-10-31(11-13-33)44(59)50-38-18-16-36(42(57)26(38)2)46(61)51-39-19-17-37(47(62)63)43(58)27(39)3/h4-20,24,32,54,57-58H,21-23H2,1-3H3,(H,49,60)(H,50,59)(H,51,61)(H,62,63)(H,48,52,53)/b25-20+. The van der Waals surface area contributed by atoms with Gasteiger partial charge >= 0.3 is 5.97 Å². The highest BCUT2D eigenvalue weighted by atomic mass is 16.4. The summed E-state index contributed by atoms with van der Waals surface area (Å²) >= 11 is 0. The minimum absolute atomic E-state index is 0.101. The number of ketones is 2. The van der Waals surface area contributed by atoms with Gasteiger partial charge in [0.15, 0.2) is 11.6 Å². The van der Waals surface area contributed by atoms with Crippen LogP contribution in [0.2, 0.25) is 0 Å². The number of aromatic hydroxyl groups is 3. The second kappa shape index (κ2) is 19.3. The van der Waals surface area contributed by atoms with E-state index in [0.29, 0.717) is 28.1 Å². The molecular formula is C47H42N6O10. The van der Waals surface area contributed by atoms with Crippen molar-refractivity contribution in [2.24, 2.45) is 5.92 Å². The molecular weight excluding hydrogens is 809 g/mol. The Morgan fingerprint density at radius 3 is 1.89 bits per heavy atom. The fourth-order valence-electron chi connectivity index (χ4n) is 6.57. The first-order chi connectivity index (χ1) is 30.1. The highest BCUT2D eigenvalue weighted by molar-refractivity contribution is 6.09. The number of phenolic OH excluding ortho intramolecular Hbond substituents is 2. The van der Waals surface area contributed by atoms with E-state index in [-0.39, 0.29) is 75.8 Å². The van der Waals surface area contributed by atoms with Crippen LogP contribution in [0.4, 0.5) is 17.1 Å². The number of aromatic nitrogens is 3. The van der Waals surface area contributed by atoms with Crippen molar-refractivity contribution in [1.29, 1.82) is 0 Å². The summed E-state index contributed by atoms with van der Waals surface area (Å²) in [4.78, 5) is 77.6. The van der Waals surface area contributed by atoms with Crippen LogP contribution in [0.15, 0.2) is 109 Å². The van der Waals surface area contributed by atoms with Crippen LogP contribution in [0, 0.1) is 19.8 Å². The van der Waals surface area contributed by atoms with E-state index in [4.69, 9.17) is 0 Å². The number of nitrogens with zero attached hydrogens (tertiary/aromatic N) is 2. The van der Waals surface area contributed by atoms with E-state index in [0.717, 1.165) is 11.6 Å². The fourth-order valence-corrected chi connectivity index (χ4v) is 6.57. The molecule has 8 N–H and O–H groups in total. The summed E-state index contributed by atoms with van der Waals surface area (Å²) in [7, 11) is 0. The number of carboxylic acid groups (broad SMARTS) is 1. The highest BCUT2D eigenvalue weighted by Gasteiger charge is 2.25. The maximum Gasteiger partial charge on any atom is 0.339 e. The lowest BCUT2D eigenvalue weighted by atomic mass is 9.92. The monoisotopic (exact) mass is 850 g/mol. The van der Waals surface area contributed by atoms with E-state index in [9.17, 15) is 49.2 Å². The molecule has 0 saturated carbocycles. The van der Waals surface area contributed by atoms with Crippen molar-refractivity contribution >= 4 is 58.4 Å². The van der Waals surface area contributed by atoms with Gasteiger partial charge in [0.05, 0.1) is 23.4 Å². The number of H-pyrrole nitrogens is 1. The third-order valence-corrected chi connectivity index (χ3v) is 10.3. The predicted octanol–water partition coefficient (Wildman–Crippen LogP) is 7.03. The number of anilines is 3. The van der Waals surface area contributed by atoms with Gasteiger partial charge in [0.25, 0.3) is 11.8 Å². The third kappa shape index (κ3) is 10.9. The molecule has 16 heteroatoms. The van der Waals surface area contributed by atoms with Crippen LogP contribution in [-0.4, -0.2) is 71.1 Å². The molecule has 0 bridgehead atoms. The molecule has 1 heterocycles. The SMILES string of the molecule is C/C(=C\c1ccc(O)cc1)C(=O)Cc1ccc(C(=O)CC(Cc2cn[nH]n2)C(=O)Nc2ccc(C(=O)Nc3ccc(C(=O)Nc4ccc(C(=O)O)c(O)c4C)c(O)c3C)cc2)cc1. The summed E-state index contributed by atoms with van der Waals surface area (Å²) in [5, 5.41) is 58.3. The van der Waals surface area contributed by atoms with Gasteiger partial charge in [-0.05, 0) is 104 Å². The average molecular weight is 851 g/mol. The molecule has 0 fully saturated rings. The molecule has 6 aromatic rings. The van der Waals surface area contributed by atoms with Gasteiger partial charge in [-0.3, -0.25) is 24.0 Å². The van der Waals surface area contributed by atoms with Crippen molar-refractivity contribution in [2.75, 3.05) is 16.0 Å².